The minimum Gasteiger partial charge on any atom is -0.383 e. The summed E-state index contributed by atoms with van der Waals surface area (Å²) >= 11 is 0. The molecule has 0 heterocycles. The Morgan fingerprint density at radius 3 is 2.60 bits per heavy atom. The van der Waals surface area contributed by atoms with Crippen LogP contribution in [0.3, 0.4) is 0 Å². The second kappa shape index (κ2) is 9.72. The van der Waals surface area contributed by atoms with Gasteiger partial charge >= 0.3 is 0 Å². The third kappa shape index (κ3) is 6.86. The zero-order valence-corrected chi connectivity index (χ0v) is 12.5. The van der Waals surface area contributed by atoms with E-state index >= 15 is 0 Å². The average Bonchev–Trinajstić information content (AvgIpc) is 2.46. The highest BCUT2D eigenvalue weighted by atomic mass is 16.5. The molecule has 20 heavy (non-hydrogen) atoms. The summed E-state index contributed by atoms with van der Waals surface area (Å²) in [7, 11) is 1.59. The Labute approximate surface area is 121 Å². The first-order valence-corrected chi connectivity index (χ1v) is 7.43. The van der Waals surface area contributed by atoms with Gasteiger partial charge in [0.15, 0.2) is 0 Å². The minimum atomic E-state index is -0.356. The first kappa shape index (κ1) is 16.9. The summed E-state index contributed by atoms with van der Waals surface area (Å²) < 4.78 is 4.84. The van der Waals surface area contributed by atoms with Gasteiger partial charge in [-0.2, -0.15) is 0 Å². The lowest BCUT2D eigenvalue weighted by atomic mass is 9.95. The molecule has 0 radical (unpaired) electrons. The molecule has 116 valence electrons. The Bertz CT molecular complexity index is 304. The molecule has 0 spiro atoms. The summed E-state index contributed by atoms with van der Waals surface area (Å²) in [5.41, 5.74) is 0. The highest BCUT2D eigenvalue weighted by molar-refractivity contribution is 5.83. The molecule has 0 aromatic heterocycles. The molecule has 0 bridgehead atoms. The van der Waals surface area contributed by atoms with E-state index in [1.165, 1.54) is 19.3 Å². The fourth-order valence-electron chi connectivity index (χ4n) is 2.27. The van der Waals surface area contributed by atoms with Crippen molar-refractivity contribution in [1.82, 2.24) is 16.0 Å². The SMILES string of the molecule is COCCNC(=O)CNC(C)C(=O)NC1CCCCC1. The summed E-state index contributed by atoms with van der Waals surface area (Å²) in [5.74, 6) is -0.152. The standard InChI is InChI=1S/C14H27N3O3/c1-11(16-10-13(18)15-8-9-20-2)14(19)17-12-6-4-3-5-7-12/h11-12,16H,3-10H2,1-2H3,(H,15,18)(H,17,19). The molecule has 0 aromatic rings. The fourth-order valence-corrected chi connectivity index (χ4v) is 2.27. The third-order valence-corrected chi connectivity index (χ3v) is 3.54. The van der Waals surface area contributed by atoms with E-state index in [0.717, 1.165) is 12.8 Å². The van der Waals surface area contributed by atoms with Gasteiger partial charge in [0.1, 0.15) is 0 Å². The van der Waals surface area contributed by atoms with E-state index in [4.69, 9.17) is 4.74 Å². The Kier molecular flexibility index (Phi) is 8.22. The highest BCUT2D eigenvalue weighted by Gasteiger charge is 2.19. The summed E-state index contributed by atoms with van der Waals surface area (Å²) in [5, 5.41) is 8.68. The first-order valence-electron chi connectivity index (χ1n) is 7.43. The molecule has 3 N–H and O–H groups in total. The van der Waals surface area contributed by atoms with E-state index in [0.29, 0.717) is 19.2 Å². The quantitative estimate of drug-likeness (QED) is 0.556. The average molecular weight is 285 g/mol. The van der Waals surface area contributed by atoms with Gasteiger partial charge in [-0.25, -0.2) is 0 Å². The normalized spacial score (nSPS) is 17.5. The number of hydrogen-bond donors (Lipinski definition) is 3. The van der Waals surface area contributed by atoms with Gasteiger partial charge in [0, 0.05) is 19.7 Å². The summed E-state index contributed by atoms with van der Waals surface area (Å²) in [4.78, 5) is 23.4. The second-order valence-corrected chi connectivity index (χ2v) is 5.29. The number of amides is 2. The van der Waals surface area contributed by atoms with Crippen LogP contribution in [-0.4, -0.2) is 50.7 Å². The van der Waals surface area contributed by atoms with Crippen LogP contribution in [0.2, 0.25) is 0 Å². The second-order valence-electron chi connectivity index (χ2n) is 5.29. The zero-order valence-electron chi connectivity index (χ0n) is 12.5. The molecule has 1 aliphatic carbocycles. The predicted molar refractivity (Wildman–Crippen MR) is 77.4 cm³/mol. The van der Waals surface area contributed by atoms with Crippen molar-refractivity contribution in [2.45, 2.75) is 51.1 Å². The van der Waals surface area contributed by atoms with E-state index in [9.17, 15) is 9.59 Å². The third-order valence-electron chi connectivity index (χ3n) is 3.54. The number of ether oxygens (including phenoxy) is 1. The Hall–Kier alpha value is -1.14. The summed E-state index contributed by atoms with van der Waals surface area (Å²) in [6.07, 6.45) is 5.77. The number of rotatable bonds is 8. The Balaban J connectivity index is 2.15. The van der Waals surface area contributed by atoms with E-state index < -0.39 is 0 Å². The number of hydrogen-bond acceptors (Lipinski definition) is 4. The van der Waals surface area contributed by atoms with Crippen LogP contribution in [0.25, 0.3) is 0 Å². The highest BCUT2D eigenvalue weighted by Crippen LogP contribution is 2.17. The van der Waals surface area contributed by atoms with E-state index in [-0.39, 0.29) is 24.4 Å². The van der Waals surface area contributed by atoms with Crippen LogP contribution in [-0.2, 0) is 14.3 Å². The molecule has 0 aliphatic heterocycles. The molecule has 0 aromatic carbocycles. The molecule has 1 atom stereocenters. The van der Waals surface area contributed by atoms with Crippen LogP contribution >= 0.6 is 0 Å². The van der Waals surface area contributed by atoms with E-state index in [2.05, 4.69) is 16.0 Å². The van der Waals surface area contributed by atoms with Crippen LogP contribution < -0.4 is 16.0 Å². The smallest absolute Gasteiger partial charge is 0.237 e. The fraction of sp³-hybridized carbons (Fsp3) is 0.857. The maximum atomic E-state index is 12.0. The van der Waals surface area contributed by atoms with Gasteiger partial charge in [-0.15, -0.1) is 0 Å². The van der Waals surface area contributed by atoms with Crippen LogP contribution in [0.1, 0.15) is 39.0 Å². The lowest BCUT2D eigenvalue weighted by Gasteiger charge is -2.24. The molecule has 1 saturated carbocycles. The van der Waals surface area contributed by atoms with Crippen LogP contribution in [0.4, 0.5) is 0 Å². The number of methoxy groups -OCH3 is 1. The molecule has 6 nitrogen and oxygen atoms in total. The number of nitrogens with one attached hydrogen (secondary N) is 3. The topological polar surface area (TPSA) is 79.5 Å². The number of carbonyl (C=O) groups excluding carboxylic acids is 2. The lowest BCUT2D eigenvalue weighted by Crippen LogP contribution is -2.49. The first-order chi connectivity index (χ1) is 9.63. The van der Waals surface area contributed by atoms with E-state index in [1.54, 1.807) is 14.0 Å². The maximum absolute atomic E-state index is 12.0. The molecule has 0 saturated heterocycles. The van der Waals surface area contributed by atoms with Crippen molar-refractivity contribution in [1.29, 1.82) is 0 Å². The monoisotopic (exact) mass is 285 g/mol. The Morgan fingerprint density at radius 1 is 1.25 bits per heavy atom. The molecule has 2 amide bonds. The van der Waals surface area contributed by atoms with Gasteiger partial charge in [0.2, 0.25) is 11.8 Å². The largest absolute Gasteiger partial charge is 0.383 e. The molecule has 6 heteroatoms. The Morgan fingerprint density at radius 2 is 1.95 bits per heavy atom. The number of carbonyl (C=O) groups is 2. The van der Waals surface area contributed by atoms with Crippen molar-refractivity contribution in [3.05, 3.63) is 0 Å². The molecule has 1 rings (SSSR count). The zero-order chi connectivity index (χ0) is 14.8. The summed E-state index contributed by atoms with van der Waals surface area (Å²) in [6.45, 7) is 2.90. The van der Waals surface area contributed by atoms with Crippen molar-refractivity contribution in [3.8, 4) is 0 Å². The molecule has 1 aliphatic rings. The van der Waals surface area contributed by atoms with Crippen molar-refractivity contribution < 1.29 is 14.3 Å². The van der Waals surface area contributed by atoms with Gasteiger partial charge in [-0.05, 0) is 19.8 Å². The van der Waals surface area contributed by atoms with Gasteiger partial charge < -0.3 is 15.4 Å². The van der Waals surface area contributed by atoms with Gasteiger partial charge in [0.05, 0.1) is 19.2 Å². The molecule has 1 fully saturated rings. The van der Waals surface area contributed by atoms with Crippen LogP contribution in [0.15, 0.2) is 0 Å². The van der Waals surface area contributed by atoms with Crippen molar-refractivity contribution >= 4 is 11.8 Å². The van der Waals surface area contributed by atoms with Crippen LogP contribution in [0.5, 0.6) is 0 Å². The van der Waals surface area contributed by atoms with Crippen LogP contribution in [0, 0.1) is 0 Å². The molecular weight excluding hydrogens is 258 g/mol. The predicted octanol–water partition coefficient (Wildman–Crippen LogP) is 0.176. The minimum absolute atomic E-state index is 0.0263. The lowest BCUT2D eigenvalue weighted by molar-refractivity contribution is -0.124. The maximum Gasteiger partial charge on any atom is 0.237 e. The van der Waals surface area contributed by atoms with Gasteiger partial charge in [-0.3, -0.25) is 14.9 Å². The van der Waals surface area contributed by atoms with Crippen molar-refractivity contribution in [2.24, 2.45) is 0 Å². The van der Waals surface area contributed by atoms with Crippen molar-refractivity contribution in [2.75, 3.05) is 26.8 Å². The molecular formula is C14H27N3O3. The van der Waals surface area contributed by atoms with Gasteiger partial charge in [0.25, 0.3) is 0 Å². The summed E-state index contributed by atoms with van der Waals surface area (Å²) in [6, 6.07) is -0.0545. The van der Waals surface area contributed by atoms with Gasteiger partial charge in [-0.1, -0.05) is 19.3 Å². The van der Waals surface area contributed by atoms with E-state index in [1.807, 2.05) is 0 Å². The molecule has 1 unspecified atom stereocenters. The van der Waals surface area contributed by atoms with Crippen molar-refractivity contribution in [3.63, 3.8) is 0 Å².